The van der Waals surface area contributed by atoms with Crippen molar-refractivity contribution in [1.29, 1.82) is 0 Å². The zero-order chi connectivity index (χ0) is 37.5. The maximum absolute atomic E-state index is 14.9. The second-order valence-corrected chi connectivity index (χ2v) is 15.2. The molecule has 0 fully saturated rings. The lowest BCUT2D eigenvalue weighted by Gasteiger charge is -2.27. The number of allylic oxidation sites excluding steroid dienone is 1. The van der Waals surface area contributed by atoms with Crippen molar-refractivity contribution in [3.63, 3.8) is 0 Å². The summed E-state index contributed by atoms with van der Waals surface area (Å²) in [7, 11) is -3.83. The van der Waals surface area contributed by atoms with Crippen LogP contribution >= 0.6 is 0 Å². The second-order valence-electron chi connectivity index (χ2n) is 13.3. The number of nitrogens with zero attached hydrogens (tertiary/aromatic N) is 1. The van der Waals surface area contributed by atoms with Crippen LogP contribution < -0.4 is 14.9 Å². The monoisotopic (exact) mass is 719 g/mol. The van der Waals surface area contributed by atoms with Gasteiger partial charge in [-0.15, -0.1) is 0 Å². The summed E-state index contributed by atoms with van der Waals surface area (Å²) >= 11 is 0. The molecule has 1 amide bonds. The fourth-order valence-corrected chi connectivity index (χ4v) is 7.37. The Morgan fingerprint density at radius 1 is 0.865 bits per heavy atom. The van der Waals surface area contributed by atoms with Gasteiger partial charge in [0.15, 0.2) is 5.67 Å². The van der Waals surface area contributed by atoms with Crippen molar-refractivity contribution in [2.24, 2.45) is 0 Å². The van der Waals surface area contributed by atoms with Crippen molar-refractivity contribution in [2.75, 3.05) is 17.1 Å². The zero-order valence-corrected chi connectivity index (χ0v) is 30.8. The van der Waals surface area contributed by atoms with Crippen molar-refractivity contribution >= 4 is 27.3 Å². The Bertz CT molecular complexity index is 2100. The first-order valence-electron chi connectivity index (χ1n) is 17.2. The van der Waals surface area contributed by atoms with Gasteiger partial charge >= 0.3 is 0 Å². The van der Waals surface area contributed by atoms with E-state index < -0.39 is 33.7 Å². The summed E-state index contributed by atoms with van der Waals surface area (Å²) in [6, 6.07) is 35.8. The van der Waals surface area contributed by atoms with Crippen LogP contribution in [0.25, 0.3) is 11.1 Å². The van der Waals surface area contributed by atoms with E-state index in [-0.39, 0.29) is 12.1 Å². The molecule has 0 saturated carbocycles. The number of halogens is 1. The Kier molecular flexibility index (Phi) is 12.1. The van der Waals surface area contributed by atoms with Crippen LogP contribution in [-0.4, -0.2) is 44.4 Å². The van der Waals surface area contributed by atoms with Crippen molar-refractivity contribution < 1.29 is 22.7 Å². The Morgan fingerprint density at radius 3 is 2.12 bits per heavy atom. The van der Waals surface area contributed by atoms with Crippen LogP contribution in [0.3, 0.4) is 0 Å². The average Bonchev–Trinajstić information content (AvgIpc) is 3.11. The number of para-hydroxylation sites is 1. The molecule has 0 heterocycles. The van der Waals surface area contributed by atoms with Crippen LogP contribution in [0.5, 0.6) is 0 Å². The SMILES string of the molecule is C=CC(C)(F)c1cccc(CNC[C@@H](O)C(Cc2ccccc2)NC(=O)c2cc(-c3c(C)cccc3C)cc(N(c3ccccc3)S(C)(=O)=O)c2)c1. The smallest absolute Gasteiger partial charge is 0.251 e. The maximum atomic E-state index is 14.9. The highest BCUT2D eigenvalue weighted by Gasteiger charge is 2.26. The minimum absolute atomic E-state index is 0.139. The first kappa shape index (κ1) is 38.1. The van der Waals surface area contributed by atoms with E-state index in [1.54, 1.807) is 60.7 Å². The molecule has 0 radical (unpaired) electrons. The van der Waals surface area contributed by atoms with Gasteiger partial charge in [-0.25, -0.2) is 17.1 Å². The van der Waals surface area contributed by atoms with Gasteiger partial charge in [0.1, 0.15) is 0 Å². The number of nitrogens with one attached hydrogen (secondary N) is 2. The van der Waals surface area contributed by atoms with Gasteiger partial charge in [0, 0.05) is 18.7 Å². The predicted molar refractivity (Wildman–Crippen MR) is 209 cm³/mol. The Hall–Kier alpha value is -5.09. The number of rotatable bonds is 15. The maximum Gasteiger partial charge on any atom is 0.251 e. The topological polar surface area (TPSA) is 98.7 Å². The molecule has 0 aliphatic carbocycles. The molecule has 0 spiro atoms. The first-order chi connectivity index (χ1) is 24.8. The zero-order valence-electron chi connectivity index (χ0n) is 30.0. The van der Waals surface area contributed by atoms with Gasteiger partial charge in [-0.1, -0.05) is 104 Å². The molecular formula is C43H46FN3O4S. The number of aliphatic hydroxyl groups excluding tert-OH is 1. The molecule has 0 saturated heterocycles. The van der Waals surface area contributed by atoms with Crippen molar-refractivity contribution in [3.05, 3.63) is 167 Å². The molecular weight excluding hydrogens is 674 g/mol. The molecule has 5 aromatic rings. The van der Waals surface area contributed by atoms with Gasteiger partial charge in [0.25, 0.3) is 5.91 Å². The standard InChI is InChI=1S/C43H46FN3O4S/c1-6-43(4,44)36-20-14-19-33(23-36)28-45-29-40(48)39(24-32-17-9-7-10-18-32)46-42(49)35-25-34(41-30(2)15-13-16-31(41)3)26-38(27-35)47(52(5,50)51)37-21-11-8-12-22-37/h6-23,25-27,39-40,45,48H,1,24,28-29H2,2-5H3,(H,46,49)/t39?,40-,43?/m1/s1. The third-order valence-corrected chi connectivity index (χ3v) is 10.2. The number of anilines is 2. The Balaban J connectivity index is 1.48. The molecule has 0 aliphatic heterocycles. The summed E-state index contributed by atoms with van der Waals surface area (Å²) in [5, 5.41) is 17.8. The number of hydrogen-bond donors (Lipinski definition) is 3. The van der Waals surface area contributed by atoms with Gasteiger partial charge in [-0.05, 0) is 96.5 Å². The number of hydrogen-bond acceptors (Lipinski definition) is 5. The molecule has 52 heavy (non-hydrogen) atoms. The summed E-state index contributed by atoms with van der Waals surface area (Å²) < 4.78 is 42.7. The van der Waals surface area contributed by atoms with Crippen LogP contribution in [0.4, 0.5) is 15.8 Å². The molecule has 5 rings (SSSR count). The van der Waals surface area contributed by atoms with Gasteiger partial charge in [-0.2, -0.15) is 0 Å². The number of amides is 1. The summed E-state index contributed by atoms with van der Waals surface area (Å²) in [6.45, 7) is 9.52. The van der Waals surface area contributed by atoms with Gasteiger partial charge in [0.2, 0.25) is 10.0 Å². The Morgan fingerprint density at radius 2 is 1.48 bits per heavy atom. The molecule has 0 aliphatic rings. The summed E-state index contributed by atoms with van der Waals surface area (Å²) in [6.07, 6.45) is 1.73. The fourth-order valence-electron chi connectivity index (χ4n) is 6.38. The molecule has 5 aromatic carbocycles. The van der Waals surface area contributed by atoms with E-state index in [9.17, 15) is 22.7 Å². The van der Waals surface area contributed by atoms with E-state index >= 15 is 0 Å². The number of aliphatic hydroxyl groups is 1. The number of aryl methyl sites for hydroxylation is 2. The van der Waals surface area contributed by atoms with Gasteiger partial charge in [-0.3, -0.25) is 4.79 Å². The molecule has 3 N–H and O–H groups in total. The van der Waals surface area contributed by atoms with E-state index in [1.165, 1.54) is 17.3 Å². The number of benzene rings is 5. The van der Waals surface area contributed by atoms with Crippen molar-refractivity contribution in [2.45, 2.75) is 51.6 Å². The lowest BCUT2D eigenvalue weighted by atomic mass is 9.93. The summed E-state index contributed by atoms with van der Waals surface area (Å²) in [4.78, 5) is 14.3. The molecule has 270 valence electrons. The van der Waals surface area contributed by atoms with Crippen molar-refractivity contribution in [3.8, 4) is 11.1 Å². The first-order valence-corrected chi connectivity index (χ1v) is 19.0. The molecule has 9 heteroatoms. The Labute approximate surface area is 306 Å². The summed E-state index contributed by atoms with van der Waals surface area (Å²) in [5.41, 5.74) is 5.10. The van der Waals surface area contributed by atoms with Crippen LogP contribution in [0, 0.1) is 13.8 Å². The van der Waals surface area contributed by atoms with Crippen LogP contribution in [0.2, 0.25) is 0 Å². The highest BCUT2D eigenvalue weighted by molar-refractivity contribution is 7.92. The number of carbonyl (C=O) groups excluding carboxylic acids is 1. The van der Waals surface area contributed by atoms with Crippen LogP contribution in [-0.2, 0) is 28.7 Å². The van der Waals surface area contributed by atoms with E-state index in [0.29, 0.717) is 35.5 Å². The quantitative estimate of drug-likeness (QED) is 0.0956. The fraction of sp³-hybridized carbons (Fsp3) is 0.233. The van der Waals surface area contributed by atoms with E-state index in [4.69, 9.17) is 0 Å². The third kappa shape index (κ3) is 9.41. The summed E-state index contributed by atoms with van der Waals surface area (Å²) in [5.74, 6) is -0.463. The minimum Gasteiger partial charge on any atom is -0.390 e. The number of sulfonamides is 1. The highest BCUT2D eigenvalue weighted by atomic mass is 32.2. The highest BCUT2D eigenvalue weighted by Crippen LogP contribution is 2.36. The molecule has 0 aromatic heterocycles. The van der Waals surface area contributed by atoms with E-state index in [2.05, 4.69) is 17.2 Å². The van der Waals surface area contributed by atoms with E-state index in [0.717, 1.165) is 34.1 Å². The van der Waals surface area contributed by atoms with Crippen LogP contribution in [0.15, 0.2) is 134 Å². The average molecular weight is 720 g/mol. The lowest BCUT2D eigenvalue weighted by molar-refractivity contribution is 0.0830. The minimum atomic E-state index is -3.83. The molecule has 7 nitrogen and oxygen atoms in total. The van der Waals surface area contributed by atoms with Crippen LogP contribution in [0.1, 0.15) is 45.1 Å². The molecule has 2 unspecified atom stereocenters. The largest absolute Gasteiger partial charge is 0.390 e. The molecule has 0 bridgehead atoms. The number of carbonyl (C=O) groups is 1. The van der Waals surface area contributed by atoms with E-state index in [1.807, 2.05) is 74.5 Å². The van der Waals surface area contributed by atoms with Gasteiger partial charge in [0.05, 0.1) is 29.8 Å². The number of alkyl halides is 1. The van der Waals surface area contributed by atoms with Gasteiger partial charge < -0.3 is 15.7 Å². The second kappa shape index (κ2) is 16.5. The lowest BCUT2D eigenvalue weighted by Crippen LogP contribution is -2.48. The predicted octanol–water partition coefficient (Wildman–Crippen LogP) is 7.93. The third-order valence-electron chi connectivity index (χ3n) is 9.14. The normalized spacial score (nSPS) is 13.8. The van der Waals surface area contributed by atoms with Crippen molar-refractivity contribution in [1.82, 2.24) is 10.6 Å². The molecule has 3 atom stereocenters.